The van der Waals surface area contributed by atoms with Gasteiger partial charge in [0.25, 0.3) is 0 Å². The zero-order valence-corrected chi connectivity index (χ0v) is 7.86. The Hall–Kier alpha value is 0.583. The van der Waals surface area contributed by atoms with E-state index in [-0.39, 0.29) is 0 Å². The molecule has 0 amide bonds. The molecule has 0 aliphatic rings. The normalized spacial score (nSPS) is 13.2. The SMILES string of the molecule is [B]C(O)[C](=[W])CCC. The molecule has 8 heavy (non-hydrogen) atoms. The van der Waals surface area contributed by atoms with Crippen LogP contribution in [0.3, 0.4) is 0 Å². The Labute approximate surface area is 62.3 Å². The van der Waals surface area contributed by atoms with E-state index in [1.165, 1.54) is 19.4 Å². The van der Waals surface area contributed by atoms with Gasteiger partial charge in [-0.05, 0) is 0 Å². The van der Waals surface area contributed by atoms with E-state index in [0.29, 0.717) is 0 Å². The first-order valence-corrected chi connectivity index (χ1v) is 4.11. The molecule has 3 heteroatoms. The van der Waals surface area contributed by atoms with Gasteiger partial charge in [-0.25, -0.2) is 0 Å². The topological polar surface area (TPSA) is 20.2 Å². The maximum atomic E-state index is 8.71. The molecule has 0 aromatic rings. The van der Waals surface area contributed by atoms with Crippen LogP contribution in [-0.2, 0) is 19.4 Å². The Morgan fingerprint density at radius 3 is 2.50 bits per heavy atom. The van der Waals surface area contributed by atoms with E-state index in [0.717, 1.165) is 16.7 Å². The molecule has 0 heterocycles. The third-order valence-corrected chi connectivity index (χ3v) is 2.43. The van der Waals surface area contributed by atoms with Crippen LogP contribution in [0, 0.1) is 0 Å². The Bertz CT molecular complexity index is 82.5. The van der Waals surface area contributed by atoms with Crippen molar-refractivity contribution in [3.8, 4) is 0 Å². The van der Waals surface area contributed by atoms with E-state index in [4.69, 9.17) is 13.0 Å². The molecule has 0 aromatic heterocycles. The molecular formula is C5H9BOW. The summed E-state index contributed by atoms with van der Waals surface area (Å²) in [6.07, 6.45) is 2.04. The fraction of sp³-hybridized carbons (Fsp3) is 0.800. The van der Waals surface area contributed by atoms with Crippen LogP contribution in [0.1, 0.15) is 19.8 Å². The molecule has 0 rings (SSSR count). The van der Waals surface area contributed by atoms with Gasteiger partial charge in [0.1, 0.15) is 0 Å². The van der Waals surface area contributed by atoms with Crippen molar-refractivity contribution < 1.29 is 24.5 Å². The molecule has 0 aromatic carbocycles. The molecule has 0 aliphatic carbocycles. The minimum atomic E-state index is -0.676. The van der Waals surface area contributed by atoms with E-state index >= 15 is 0 Å². The van der Waals surface area contributed by atoms with Gasteiger partial charge in [0.15, 0.2) is 0 Å². The first-order valence-electron chi connectivity index (χ1n) is 2.64. The van der Waals surface area contributed by atoms with Crippen molar-refractivity contribution in [2.45, 2.75) is 25.8 Å². The quantitative estimate of drug-likeness (QED) is 0.721. The van der Waals surface area contributed by atoms with Crippen LogP contribution in [0.5, 0.6) is 0 Å². The fourth-order valence-corrected chi connectivity index (χ4v) is 1.13. The van der Waals surface area contributed by atoms with Crippen LogP contribution in [0.25, 0.3) is 0 Å². The summed E-state index contributed by atoms with van der Waals surface area (Å²) in [5.74, 6) is 0. The molecule has 2 radical (unpaired) electrons. The monoisotopic (exact) mass is 280 g/mol. The van der Waals surface area contributed by atoms with Gasteiger partial charge >= 0.3 is 62.0 Å². The van der Waals surface area contributed by atoms with Crippen LogP contribution < -0.4 is 0 Å². The Morgan fingerprint density at radius 1 is 1.88 bits per heavy atom. The summed E-state index contributed by atoms with van der Waals surface area (Å²) in [6, 6.07) is -0.676. The third kappa shape index (κ3) is 3.57. The fourth-order valence-electron chi connectivity index (χ4n) is 0.394. The number of aliphatic hydroxyl groups excluding tert-OH is 1. The van der Waals surface area contributed by atoms with Crippen LogP contribution in [0.4, 0.5) is 0 Å². The van der Waals surface area contributed by atoms with Crippen LogP contribution in [0.2, 0.25) is 0 Å². The molecular weight excluding hydrogens is 271 g/mol. The van der Waals surface area contributed by atoms with Crippen molar-refractivity contribution >= 4 is 11.7 Å². The molecule has 0 aliphatic heterocycles. The maximum absolute atomic E-state index is 8.71. The van der Waals surface area contributed by atoms with Crippen molar-refractivity contribution in [2.75, 3.05) is 0 Å². The predicted molar refractivity (Wildman–Crippen MR) is 31.7 cm³/mol. The van der Waals surface area contributed by atoms with Crippen molar-refractivity contribution in [1.82, 2.24) is 0 Å². The second-order valence-corrected chi connectivity index (χ2v) is 3.55. The molecule has 0 fully saturated rings. The average Bonchev–Trinajstić information content (AvgIpc) is 1.67. The molecule has 0 saturated heterocycles. The molecule has 0 spiro atoms. The van der Waals surface area contributed by atoms with E-state index in [1.54, 1.807) is 0 Å². The van der Waals surface area contributed by atoms with Crippen LogP contribution in [-0.4, -0.2) is 22.9 Å². The predicted octanol–water partition coefficient (Wildman–Crippen LogP) is -0.00740. The van der Waals surface area contributed by atoms with Gasteiger partial charge in [-0.2, -0.15) is 0 Å². The Kier molecular flexibility index (Phi) is 4.79. The first kappa shape index (κ1) is 8.58. The Balaban J connectivity index is 3.33. The molecule has 1 N–H and O–H groups in total. The van der Waals surface area contributed by atoms with Gasteiger partial charge in [0, 0.05) is 0 Å². The van der Waals surface area contributed by atoms with E-state index in [1.807, 2.05) is 0 Å². The van der Waals surface area contributed by atoms with Gasteiger partial charge in [-0.15, -0.1) is 0 Å². The third-order valence-electron chi connectivity index (χ3n) is 0.826. The summed E-state index contributed by atoms with van der Waals surface area (Å²) in [5, 5.41) is 8.71. The Morgan fingerprint density at radius 2 is 2.38 bits per heavy atom. The van der Waals surface area contributed by atoms with Gasteiger partial charge in [0.2, 0.25) is 0 Å². The van der Waals surface area contributed by atoms with Crippen LogP contribution in [0.15, 0.2) is 0 Å². The van der Waals surface area contributed by atoms with Gasteiger partial charge < -0.3 is 0 Å². The second kappa shape index (κ2) is 4.46. The molecule has 1 atom stereocenters. The number of aliphatic hydroxyl groups is 1. The minimum absolute atomic E-state index is 0.676. The molecule has 44 valence electrons. The summed E-state index contributed by atoms with van der Waals surface area (Å²) in [4.78, 5) is 0. The van der Waals surface area contributed by atoms with E-state index < -0.39 is 6.00 Å². The molecule has 1 unspecified atom stereocenters. The second-order valence-electron chi connectivity index (χ2n) is 1.66. The first-order chi connectivity index (χ1) is 3.68. The molecule has 0 bridgehead atoms. The van der Waals surface area contributed by atoms with Crippen LogP contribution >= 0.6 is 0 Å². The number of hydrogen-bond donors (Lipinski definition) is 1. The number of hydrogen-bond acceptors (Lipinski definition) is 1. The summed E-state index contributed by atoms with van der Waals surface area (Å²) in [5.41, 5.74) is 0. The van der Waals surface area contributed by atoms with Crippen molar-refractivity contribution in [2.24, 2.45) is 0 Å². The number of rotatable bonds is 3. The summed E-state index contributed by atoms with van der Waals surface area (Å²) in [7, 11) is 5.16. The van der Waals surface area contributed by atoms with Gasteiger partial charge in [-0.3, -0.25) is 0 Å². The van der Waals surface area contributed by atoms with Gasteiger partial charge in [-0.1, -0.05) is 0 Å². The van der Waals surface area contributed by atoms with E-state index in [2.05, 4.69) is 6.92 Å². The summed E-state index contributed by atoms with van der Waals surface area (Å²) in [6.45, 7) is 2.07. The zero-order chi connectivity index (χ0) is 6.57. The molecule has 1 nitrogen and oxygen atoms in total. The van der Waals surface area contributed by atoms with Crippen molar-refractivity contribution in [3.63, 3.8) is 0 Å². The van der Waals surface area contributed by atoms with Gasteiger partial charge in [0.05, 0.1) is 0 Å². The summed E-state index contributed by atoms with van der Waals surface area (Å²) >= 11 is 1.30. The average molecular weight is 280 g/mol. The van der Waals surface area contributed by atoms with E-state index in [9.17, 15) is 0 Å². The van der Waals surface area contributed by atoms with Crippen molar-refractivity contribution in [1.29, 1.82) is 0 Å². The molecule has 0 saturated carbocycles. The standard InChI is InChI=1S/C5H9BO.W/c1-2-3-4-5(6)7;/h5,7H,2-3H2,1H3;. The zero-order valence-electron chi connectivity index (χ0n) is 4.92. The summed E-state index contributed by atoms with van der Waals surface area (Å²) < 4.78 is 1.05. The van der Waals surface area contributed by atoms with Crippen molar-refractivity contribution in [3.05, 3.63) is 0 Å².